The highest BCUT2D eigenvalue weighted by Crippen LogP contribution is 2.36. The molecule has 1 saturated heterocycles. The van der Waals surface area contributed by atoms with Crippen molar-refractivity contribution >= 4 is 28.7 Å². The molecule has 3 aromatic rings. The van der Waals surface area contributed by atoms with Gasteiger partial charge in [-0.15, -0.1) is 0 Å². The van der Waals surface area contributed by atoms with Gasteiger partial charge in [-0.1, -0.05) is 24.8 Å². The average Bonchev–Trinajstić information content (AvgIpc) is 3.31. The first-order valence-electron chi connectivity index (χ1n) is 8.78. The maximum atomic E-state index is 13.6. The molecule has 3 heterocycles. The van der Waals surface area contributed by atoms with Crippen molar-refractivity contribution in [1.82, 2.24) is 25.5 Å². The van der Waals surface area contributed by atoms with Gasteiger partial charge in [0.25, 0.3) is 5.91 Å². The van der Waals surface area contributed by atoms with Gasteiger partial charge in [0.05, 0.1) is 17.6 Å². The van der Waals surface area contributed by atoms with Gasteiger partial charge in [-0.25, -0.2) is 14.2 Å². The zero-order valence-corrected chi connectivity index (χ0v) is 14.8. The Morgan fingerprint density at radius 3 is 2.79 bits per heavy atom. The van der Waals surface area contributed by atoms with Gasteiger partial charge in [-0.05, 0) is 29.8 Å². The molecule has 0 bridgehead atoms. The quantitative estimate of drug-likeness (QED) is 0.611. The van der Waals surface area contributed by atoms with Crippen LogP contribution in [0.15, 0.2) is 49.0 Å². The summed E-state index contributed by atoms with van der Waals surface area (Å²) in [6.45, 7) is 4.62. The molecule has 1 atom stereocenters. The fourth-order valence-corrected chi connectivity index (χ4v) is 3.86. The summed E-state index contributed by atoms with van der Waals surface area (Å²) >= 11 is 0. The number of hydrogen-bond donors (Lipinski definition) is 3. The van der Waals surface area contributed by atoms with Crippen molar-refractivity contribution in [1.29, 1.82) is 0 Å². The number of halogens is 1. The maximum Gasteiger partial charge on any atom is 0.322 e. The molecule has 0 radical (unpaired) electrons. The molecule has 0 spiro atoms. The number of carbonyl (C=O) groups is 2. The maximum absolute atomic E-state index is 13.6. The third kappa shape index (κ3) is 2.31. The number of amides is 3. The fourth-order valence-electron chi connectivity index (χ4n) is 3.86. The van der Waals surface area contributed by atoms with Gasteiger partial charge in [-0.2, -0.15) is 0 Å². The molecule has 1 aromatic heterocycles. The number of nitrogens with zero attached hydrogens (tertiary/aromatic N) is 2. The standard InChI is InChI=1S/C20H16FN5O2/c1-11-14-8-13(21)7-6-12(14)9-26(11)10-20(18(27)24-19(28)25-20)17-22-15-4-2-3-5-16(15)23-17/h2-8H,1,9-10H2,(H,22,23)(H2,24,25,27,28). The molecular weight excluding hydrogens is 361 g/mol. The number of hydrogen-bond acceptors (Lipinski definition) is 4. The van der Waals surface area contributed by atoms with Gasteiger partial charge in [-0.3, -0.25) is 10.1 Å². The first-order chi connectivity index (χ1) is 13.5. The highest BCUT2D eigenvalue weighted by molar-refractivity contribution is 6.07. The second kappa shape index (κ2) is 5.66. The topological polar surface area (TPSA) is 90.1 Å². The van der Waals surface area contributed by atoms with Crippen molar-refractivity contribution < 1.29 is 14.0 Å². The van der Waals surface area contributed by atoms with Crippen molar-refractivity contribution in [3.05, 3.63) is 71.8 Å². The number of fused-ring (bicyclic) bond motifs is 2. The van der Waals surface area contributed by atoms with Gasteiger partial charge in [0.2, 0.25) is 0 Å². The molecule has 0 saturated carbocycles. The number of para-hydroxylation sites is 2. The van der Waals surface area contributed by atoms with Crippen molar-refractivity contribution in [2.75, 3.05) is 6.54 Å². The largest absolute Gasteiger partial charge is 0.364 e. The smallest absolute Gasteiger partial charge is 0.322 e. The third-order valence-corrected chi connectivity index (χ3v) is 5.29. The van der Waals surface area contributed by atoms with Crippen LogP contribution in [0.3, 0.4) is 0 Å². The minimum absolute atomic E-state index is 0.111. The van der Waals surface area contributed by atoms with E-state index in [1.807, 2.05) is 29.2 Å². The molecule has 1 unspecified atom stereocenters. The number of imidazole rings is 1. The molecule has 2 aliphatic heterocycles. The number of aromatic nitrogens is 2. The molecule has 3 amide bonds. The molecule has 1 fully saturated rings. The van der Waals surface area contributed by atoms with Crippen LogP contribution >= 0.6 is 0 Å². The van der Waals surface area contributed by atoms with Crippen LogP contribution < -0.4 is 10.6 Å². The van der Waals surface area contributed by atoms with Gasteiger partial charge < -0.3 is 15.2 Å². The number of urea groups is 1. The van der Waals surface area contributed by atoms with Gasteiger partial charge in [0, 0.05) is 17.8 Å². The van der Waals surface area contributed by atoms with Crippen molar-refractivity contribution in [3.8, 4) is 0 Å². The predicted octanol–water partition coefficient (Wildman–Crippen LogP) is 2.22. The summed E-state index contributed by atoms with van der Waals surface area (Å²) in [5.41, 5.74) is 2.26. The Kier molecular flexibility index (Phi) is 3.33. The number of benzene rings is 2. The van der Waals surface area contributed by atoms with E-state index >= 15 is 0 Å². The summed E-state index contributed by atoms with van der Waals surface area (Å²) in [4.78, 5) is 34.4. The summed E-state index contributed by atoms with van der Waals surface area (Å²) in [7, 11) is 0. The second-order valence-electron chi connectivity index (χ2n) is 7.02. The van der Waals surface area contributed by atoms with E-state index in [1.165, 1.54) is 12.1 Å². The van der Waals surface area contributed by atoms with Crippen LogP contribution in [0.5, 0.6) is 0 Å². The number of nitrogens with one attached hydrogen (secondary N) is 3. The van der Waals surface area contributed by atoms with Crippen molar-refractivity contribution in [2.45, 2.75) is 12.1 Å². The van der Waals surface area contributed by atoms with E-state index in [1.54, 1.807) is 6.07 Å². The van der Waals surface area contributed by atoms with E-state index in [2.05, 4.69) is 27.2 Å². The highest BCUT2D eigenvalue weighted by Gasteiger charge is 2.52. The van der Waals surface area contributed by atoms with E-state index in [4.69, 9.17) is 0 Å². The zero-order chi connectivity index (χ0) is 19.5. The Hall–Kier alpha value is -3.68. The van der Waals surface area contributed by atoms with Crippen LogP contribution in [-0.4, -0.2) is 33.4 Å². The van der Waals surface area contributed by atoms with Crippen LogP contribution in [0.4, 0.5) is 9.18 Å². The number of rotatable bonds is 3. The van der Waals surface area contributed by atoms with Gasteiger partial charge >= 0.3 is 6.03 Å². The highest BCUT2D eigenvalue weighted by atomic mass is 19.1. The zero-order valence-electron chi connectivity index (χ0n) is 14.8. The van der Waals surface area contributed by atoms with E-state index in [0.717, 1.165) is 11.1 Å². The SMILES string of the molecule is C=C1c2cc(F)ccc2CN1CC1(c2nc3ccccc3[nH]2)NC(=O)NC1=O. The molecule has 2 aliphatic rings. The molecule has 0 aliphatic carbocycles. The Morgan fingerprint density at radius 2 is 2.04 bits per heavy atom. The van der Waals surface area contributed by atoms with E-state index < -0.39 is 17.5 Å². The van der Waals surface area contributed by atoms with Crippen molar-refractivity contribution in [3.63, 3.8) is 0 Å². The second-order valence-corrected chi connectivity index (χ2v) is 7.02. The summed E-state index contributed by atoms with van der Waals surface area (Å²) in [6, 6.07) is 11.3. The summed E-state index contributed by atoms with van der Waals surface area (Å²) in [6.07, 6.45) is 0. The lowest BCUT2D eigenvalue weighted by molar-refractivity contribution is -0.125. The molecule has 28 heavy (non-hydrogen) atoms. The minimum atomic E-state index is -1.40. The molecule has 2 aromatic carbocycles. The lowest BCUT2D eigenvalue weighted by Gasteiger charge is -2.30. The van der Waals surface area contributed by atoms with E-state index in [0.29, 0.717) is 29.1 Å². The number of aromatic amines is 1. The lowest BCUT2D eigenvalue weighted by atomic mass is 9.98. The molecule has 5 rings (SSSR count). The Bertz CT molecular complexity index is 1140. The Labute approximate surface area is 159 Å². The van der Waals surface area contributed by atoms with Crippen LogP contribution in [-0.2, 0) is 16.9 Å². The molecule has 7 nitrogen and oxygen atoms in total. The number of imide groups is 1. The first-order valence-corrected chi connectivity index (χ1v) is 8.78. The average molecular weight is 377 g/mol. The monoisotopic (exact) mass is 377 g/mol. The molecule has 3 N–H and O–H groups in total. The predicted molar refractivity (Wildman–Crippen MR) is 100 cm³/mol. The van der Waals surface area contributed by atoms with Gasteiger partial charge in [0.15, 0.2) is 5.54 Å². The number of H-pyrrole nitrogens is 1. The fraction of sp³-hybridized carbons (Fsp3) is 0.150. The van der Waals surface area contributed by atoms with Gasteiger partial charge in [0.1, 0.15) is 11.6 Å². The van der Waals surface area contributed by atoms with Crippen LogP contribution in [0, 0.1) is 5.82 Å². The first kappa shape index (κ1) is 16.5. The molecule has 140 valence electrons. The normalized spacial score (nSPS) is 21.2. The summed E-state index contributed by atoms with van der Waals surface area (Å²) < 4.78 is 13.6. The summed E-state index contributed by atoms with van der Waals surface area (Å²) in [5.74, 6) is -0.501. The Balaban J connectivity index is 1.56. The van der Waals surface area contributed by atoms with Crippen LogP contribution in [0.25, 0.3) is 16.7 Å². The van der Waals surface area contributed by atoms with Crippen LogP contribution in [0.1, 0.15) is 17.0 Å². The lowest BCUT2D eigenvalue weighted by Crippen LogP contribution is -2.52. The molecular formula is C20H16FN5O2. The van der Waals surface area contributed by atoms with E-state index in [-0.39, 0.29) is 12.4 Å². The number of carbonyl (C=O) groups excluding carboxylic acids is 2. The third-order valence-electron chi connectivity index (χ3n) is 5.29. The molecule has 8 heteroatoms. The Morgan fingerprint density at radius 1 is 1.21 bits per heavy atom. The summed E-state index contributed by atoms with van der Waals surface area (Å²) in [5, 5.41) is 5.03. The van der Waals surface area contributed by atoms with Crippen molar-refractivity contribution in [2.24, 2.45) is 0 Å². The minimum Gasteiger partial charge on any atom is -0.364 e. The van der Waals surface area contributed by atoms with E-state index in [9.17, 15) is 14.0 Å². The van der Waals surface area contributed by atoms with Crippen LogP contribution in [0.2, 0.25) is 0 Å².